The van der Waals surface area contributed by atoms with Crippen LogP contribution in [0.25, 0.3) is 0 Å². The van der Waals surface area contributed by atoms with Crippen molar-refractivity contribution >= 4 is 11.6 Å². The molecule has 0 aliphatic rings. The van der Waals surface area contributed by atoms with Crippen LogP contribution in [0.5, 0.6) is 0 Å². The average molecular weight is 251 g/mol. The van der Waals surface area contributed by atoms with E-state index >= 15 is 0 Å². The predicted octanol–water partition coefficient (Wildman–Crippen LogP) is 1.39. The number of amides is 1. The van der Waals surface area contributed by atoms with E-state index in [-0.39, 0.29) is 5.91 Å². The highest BCUT2D eigenvalue weighted by atomic mass is 16.5. The van der Waals surface area contributed by atoms with Crippen molar-refractivity contribution in [3.8, 4) is 0 Å². The van der Waals surface area contributed by atoms with Crippen molar-refractivity contribution in [1.29, 1.82) is 0 Å². The number of nitrogen functional groups attached to an aromatic ring is 1. The molecule has 0 unspecified atom stereocenters. The molecule has 0 saturated carbocycles. The maximum absolute atomic E-state index is 12.2. The lowest BCUT2D eigenvalue weighted by atomic mass is 10.1. The monoisotopic (exact) mass is 251 g/mol. The van der Waals surface area contributed by atoms with Crippen molar-refractivity contribution in [3.63, 3.8) is 0 Å². The Kier molecular flexibility index (Phi) is 5.61. The van der Waals surface area contributed by atoms with Crippen molar-refractivity contribution in [2.45, 2.75) is 13.8 Å². The SMILES string of the molecule is CCOCCN(C)C(=O)c1ccc(C)cc1NN. The van der Waals surface area contributed by atoms with Gasteiger partial charge in [0, 0.05) is 20.2 Å². The number of carbonyl (C=O) groups is 1. The molecule has 18 heavy (non-hydrogen) atoms. The normalized spacial score (nSPS) is 10.2. The van der Waals surface area contributed by atoms with E-state index in [9.17, 15) is 4.79 Å². The van der Waals surface area contributed by atoms with Crippen LogP contribution >= 0.6 is 0 Å². The number of rotatable bonds is 6. The molecule has 5 nitrogen and oxygen atoms in total. The highest BCUT2D eigenvalue weighted by Crippen LogP contribution is 2.18. The average Bonchev–Trinajstić information content (AvgIpc) is 2.37. The summed E-state index contributed by atoms with van der Waals surface area (Å²) in [6, 6.07) is 5.53. The summed E-state index contributed by atoms with van der Waals surface area (Å²) in [4.78, 5) is 13.8. The standard InChI is InChI=1S/C13H21N3O2/c1-4-18-8-7-16(3)13(17)11-6-5-10(2)9-12(11)15-14/h5-6,9,15H,4,7-8,14H2,1-3H3. The van der Waals surface area contributed by atoms with Crippen molar-refractivity contribution in [2.75, 3.05) is 32.2 Å². The molecule has 0 heterocycles. The number of ether oxygens (including phenoxy) is 1. The van der Waals surface area contributed by atoms with E-state index in [0.29, 0.717) is 31.0 Å². The summed E-state index contributed by atoms with van der Waals surface area (Å²) in [6.45, 7) is 5.63. The van der Waals surface area contributed by atoms with E-state index in [1.165, 1.54) is 0 Å². The minimum Gasteiger partial charge on any atom is -0.380 e. The molecule has 3 N–H and O–H groups in total. The second-order valence-electron chi connectivity index (χ2n) is 4.12. The minimum atomic E-state index is -0.0670. The third-order valence-corrected chi connectivity index (χ3v) is 2.68. The predicted molar refractivity (Wildman–Crippen MR) is 72.4 cm³/mol. The first-order valence-electron chi connectivity index (χ1n) is 6.00. The molecule has 0 aromatic heterocycles. The number of hydrazine groups is 1. The second kappa shape index (κ2) is 6.98. The third kappa shape index (κ3) is 3.72. The zero-order chi connectivity index (χ0) is 13.5. The molecule has 0 saturated heterocycles. The van der Waals surface area contributed by atoms with Crippen LogP contribution in [-0.2, 0) is 4.74 Å². The molecule has 0 fully saturated rings. The largest absolute Gasteiger partial charge is 0.380 e. The fraction of sp³-hybridized carbons (Fsp3) is 0.462. The van der Waals surface area contributed by atoms with E-state index in [1.54, 1.807) is 18.0 Å². The van der Waals surface area contributed by atoms with Gasteiger partial charge in [-0.05, 0) is 31.5 Å². The summed E-state index contributed by atoms with van der Waals surface area (Å²) in [7, 11) is 1.75. The minimum absolute atomic E-state index is 0.0670. The van der Waals surface area contributed by atoms with Crippen LogP contribution in [-0.4, -0.2) is 37.6 Å². The molecule has 0 radical (unpaired) electrons. The van der Waals surface area contributed by atoms with Gasteiger partial charge in [-0.25, -0.2) is 0 Å². The number of aryl methyl sites for hydroxylation is 1. The number of carbonyl (C=O) groups excluding carboxylic acids is 1. The summed E-state index contributed by atoms with van der Waals surface area (Å²) in [5.74, 6) is 5.37. The Morgan fingerprint density at radius 2 is 2.22 bits per heavy atom. The first-order valence-corrected chi connectivity index (χ1v) is 6.00. The van der Waals surface area contributed by atoms with Gasteiger partial charge in [0.1, 0.15) is 0 Å². The number of anilines is 1. The molecule has 0 aliphatic heterocycles. The molecular weight excluding hydrogens is 230 g/mol. The Morgan fingerprint density at radius 1 is 1.50 bits per heavy atom. The lowest BCUT2D eigenvalue weighted by molar-refractivity contribution is 0.0711. The number of nitrogens with one attached hydrogen (secondary N) is 1. The maximum atomic E-state index is 12.2. The zero-order valence-corrected chi connectivity index (χ0v) is 11.2. The van der Waals surface area contributed by atoms with Crippen molar-refractivity contribution < 1.29 is 9.53 Å². The third-order valence-electron chi connectivity index (χ3n) is 2.68. The van der Waals surface area contributed by atoms with Crippen molar-refractivity contribution in [3.05, 3.63) is 29.3 Å². The van der Waals surface area contributed by atoms with Gasteiger partial charge >= 0.3 is 0 Å². The summed E-state index contributed by atoms with van der Waals surface area (Å²) < 4.78 is 5.23. The van der Waals surface area contributed by atoms with E-state index in [0.717, 1.165) is 5.56 Å². The fourth-order valence-corrected chi connectivity index (χ4v) is 1.62. The number of nitrogens with two attached hydrogens (primary N) is 1. The van der Waals surface area contributed by atoms with E-state index in [4.69, 9.17) is 10.6 Å². The summed E-state index contributed by atoms with van der Waals surface area (Å²) in [5, 5.41) is 0. The van der Waals surface area contributed by atoms with E-state index < -0.39 is 0 Å². The number of hydrogen-bond donors (Lipinski definition) is 2. The Hall–Kier alpha value is -1.59. The molecule has 0 spiro atoms. The van der Waals surface area contributed by atoms with Gasteiger partial charge < -0.3 is 15.1 Å². The molecule has 1 amide bonds. The van der Waals surface area contributed by atoms with Crippen molar-refractivity contribution in [2.24, 2.45) is 5.84 Å². The van der Waals surface area contributed by atoms with Gasteiger partial charge in [-0.1, -0.05) is 6.07 Å². The first kappa shape index (κ1) is 14.5. The smallest absolute Gasteiger partial charge is 0.255 e. The molecule has 0 bridgehead atoms. The topological polar surface area (TPSA) is 67.6 Å². The van der Waals surface area contributed by atoms with Crippen LogP contribution in [0.15, 0.2) is 18.2 Å². The molecule has 5 heteroatoms. The lowest BCUT2D eigenvalue weighted by Gasteiger charge is -2.19. The highest BCUT2D eigenvalue weighted by Gasteiger charge is 2.15. The van der Waals surface area contributed by atoms with Crippen LogP contribution in [0.2, 0.25) is 0 Å². The second-order valence-corrected chi connectivity index (χ2v) is 4.12. The molecular formula is C13H21N3O2. The van der Waals surface area contributed by atoms with Gasteiger partial charge in [-0.15, -0.1) is 0 Å². The quantitative estimate of drug-likeness (QED) is 0.455. The Morgan fingerprint density at radius 3 is 2.83 bits per heavy atom. The highest BCUT2D eigenvalue weighted by molar-refractivity contribution is 5.99. The van der Waals surface area contributed by atoms with Gasteiger partial charge in [-0.3, -0.25) is 10.6 Å². The van der Waals surface area contributed by atoms with Crippen LogP contribution in [0.3, 0.4) is 0 Å². The number of benzene rings is 1. The molecule has 0 aliphatic carbocycles. The van der Waals surface area contributed by atoms with Crippen LogP contribution < -0.4 is 11.3 Å². The molecule has 100 valence electrons. The molecule has 1 aromatic carbocycles. The van der Waals surface area contributed by atoms with Gasteiger partial charge in [0.15, 0.2) is 0 Å². The van der Waals surface area contributed by atoms with Gasteiger partial charge in [0.2, 0.25) is 0 Å². The van der Waals surface area contributed by atoms with E-state index in [2.05, 4.69) is 5.43 Å². The first-order chi connectivity index (χ1) is 8.60. The molecule has 1 aromatic rings. The fourth-order valence-electron chi connectivity index (χ4n) is 1.62. The number of hydrogen-bond acceptors (Lipinski definition) is 4. The summed E-state index contributed by atoms with van der Waals surface area (Å²) >= 11 is 0. The zero-order valence-electron chi connectivity index (χ0n) is 11.2. The van der Waals surface area contributed by atoms with Crippen molar-refractivity contribution in [1.82, 2.24) is 4.90 Å². The molecule has 0 atom stereocenters. The number of likely N-dealkylation sites (N-methyl/N-ethyl adjacent to an activating group) is 1. The summed E-state index contributed by atoms with van der Waals surface area (Å²) in [5.41, 5.74) is 4.83. The number of nitrogens with zero attached hydrogens (tertiary/aromatic N) is 1. The summed E-state index contributed by atoms with van der Waals surface area (Å²) in [6.07, 6.45) is 0. The van der Waals surface area contributed by atoms with Gasteiger partial charge in [0.05, 0.1) is 17.9 Å². The Labute approximate surface area is 108 Å². The maximum Gasteiger partial charge on any atom is 0.255 e. The van der Waals surface area contributed by atoms with Gasteiger partial charge in [0.25, 0.3) is 5.91 Å². The Balaban J connectivity index is 2.76. The van der Waals surface area contributed by atoms with Crippen LogP contribution in [0.1, 0.15) is 22.8 Å². The molecule has 1 rings (SSSR count). The van der Waals surface area contributed by atoms with Crippen LogP contribution in [0, 0.1) is 6.92 Å². The van der Waals surface area contributed by atoms with E-state index in [1.807, 2.05) is 26.0 Å². The lowest BCUT2D eigenvalue weighted by Crippen LogP contribution is -2.31. The Bertz CT molecular complexity index is 407. The van der Waals surface area contributed by atoms with Gasteiger partial charge in [-0.2, -0.15) is 0 Å². The van der Waals surface area contributed by atoms with Crippen LogP contribution in [0.4, 0.5) is 5.69 Å².